The lowest BCUT2D eigenvalue weighted by Crippen LogP contribution is -2.29. The minimum atomic E-state index is -0.411. The molecule has 0 aromatic heterocycles. The lowest BCUT2D eigenvalue weighted by molar-refractivity contribution is -0.155. The van der Waals surface area contributed by atoms with Crippen LogP contribution in [0.15, 0.2) is 48.6 Å². The summed E-state index contributed by atoms with van der Waals surface area (Å²) in [5, 5.41) is 0. The second-order valence-electron chi connectivity index (χ2n) is 17.0. The summed E-state index contributed by atoms with van der Waals surface area (Å²) in [6.07, 6.45) is 61.4. The van der Waals surface area contributed by atoms with Gasteiger partial charge in [-0.3, -0.25) is 9.59 Å². The second-order valence-corrected chi connectivity index (χ2v) is 17.0. The summed E-state index contributed by atoms with van der Waals surface area (Å²) < 4.78 is 17.4. The van der Waals surface area contributed by atoms with Gasteiger partial charge in [0.25, 0.3) is 0 Å². The van der Waals surface area contributed by atoms with E-state index in [-0.39, 0.29) is 25.2 Å². The van der Waals surface area contributed by atoms with Crippen molar-refractivity contribution in [3.8, 4) is 0 Å². The number of rotatable bonds is 47. The van der Waals surface area contributed by atoms with Gasteiger partial charge in [-0.15, -0.1) is 0 Å². The molecule has 0 N–H and O–H groups in total. The quantitative estimate of drug-likeness (QED) is 0.0347. The summed E-state index contributed by atoms with van der Waals surface area (Å²) in [6.45, 7) is 7.60. The first kappa shape index (κ1) is 56.9. The maximum absolute atomic E-state index is 12.6. The van der Waals surface area contributed by atoms with Crippen LogP contribution in [0.2, 0.25) is 0 Å². The van der Waals surface area contributed by atoms with Crippen LogP contribution in [0.25, 0.3) is 0 Å². The molecular weight excluding hydrogens is 729 g/mol. The second kappa shape index (κ2) is 50.2. The zero-order valence-electron chi connectivity index (χ0n) is 39.5. The van der Waals surface area contributed by atoms with Crippen LogP contribution in [0.1, 0.15) is 258 Å². The molecule has 5 heteroatoms. The highest BCUT2D eigenvalue weighted by Crippen LogP contribution is 2.15. The van der Waals surface area contributed by atoms with E-state index in [1.54, 1.807) is 0 Å². The third-order valence-electron chi connectivity index (χ3n) is 11.2. The number of hydrogen-bond donors (Lipinski definition) is 0. The highest BCUT2D eigenvalue weighted by Gasteiger charge is 2.16. The van der Waals surface area contributed by atoms with Crippen LogP contribution in [-0.2, 0) is 23.8 Å². The number of allylic oxidation sites excluding steroid dienone is 8. The molecule has 0 aromatic rings. The standard InChI is InChI=1S/C54H98O5/c1-4-7-10-13-16-19-22-25-27-29-31-34-37-40-43-46-49-57-52(50-58-53(55)47-44-41-38-35-32-24-21-18-15-12-9-6-3)51-59-54(56)48-45-42-39-36-33-30-28-26-23-20-17-14-11-8-5-2/h8,11,17,20,26,28,33,36,52H,4-7,9-10,12-16,18-19,21-25,27,29-32,34-35,37-51H2,1-3H3/b11-8-,20-17-,28-26-,36-33-/t52-/m0/s1. The topological polar surface area (TPSA) is 61.8 Å². The van der Waals surface area contributed by atoms with Gasteiger partial charge in [0.15, 0.2) is 0 Å². The van der Waals surface area contributed by atoms with Gasteiger partial charge < -0.3 is 14.2 Å². The van der Waals surface area contributed by atoms with Crippen LogP contribution in [-0.4, -0.2) is 37.9 Å². The summed E-state index contributed by atoms with van der Waals surface area (Å²) in [7, 11) is 0. The van der Waals surface area contributed by atoms with Gasteiger partial charge in [-0.2, -0.15) is 0 Å². The van der Waals surface area contributed by atoms with Gasteiger partial charge in [0.2, 0.25) is 0 Å². The molecular formula is C54H98O5. The van der Waals surface area contributed by atoms with Crippen molar-refractivity contribution in [2.45, 2.75) is 264 Å². The van der Waals surface area contributed by atoms with Gasteiger partial charge >= 0.3 is 11.9 Å². The van der Waals surface area contributed by atoms with E-state index in [4.69, 9.17) is 14.2 Å². The van der Waals surface area contributed by atoms with Crippen LogP contribution < -0.4 is 0 Å². The average Bonchev–Trinajstić information content (AvgIpc) is 3.24. The molecule has 0 aliphatic rings. The minimum Gasteiger partial charge on any atom is -0.463 e. The van der Waals surface area contributed by atoms with E-state index in [2.05, 4.69) is 69.4 Å². The molecule has 0 amide bonds. The Kier molecular flexibility index (Phi) is 48.4. The van der Waals surface area contributed by atoms with E-state index in [0.717, 1.165) is 70.6 Å². The van der Waals surface area contributed by atoms with Crippen LogP contribution in [0, 0.1) is 0 Å². The summed E-state index contributed by atoms with van der Waals surface area (Å²) in [5.41, 5.74) is 0. The molecule has 0 rings (SSSR count). The summed E-state index contributed by atoms with van der Waals surface area (Å²) in [4.78, 5) is 25.1. The Morgan fingerprint density at radius 1 is 0.373 bits per heavy atom. The van der Waals surface area contributed by atoms with E-state index in [9.17, 15) is 9.59 Å². The molecule has 0 unspecified atom stereocenters. The number of carbonyl (C=O) groups excluding carboxylic acids is 2. The molecule has 5 nitrogen and oxygen atoms in total. The lowest BCUT2D eigenvalue weighted by atomic mass is 10.0. The van der Waals surface area contributed by atoms with Crippen LogP contribution in [0.5, 0.6) is 0 Å². The highest BCUT2D eigenvalue weighted by atomic mass is 16.6. The van der Waals surface area contributed by atoms with Crippen LogP contribution in [0.4, 0.5) is 0 Å². The first-order valence-corrected chi connectivity index (χ1v) is 25.7. The largest absolute Gasteiger partial charge is 0.463 e. The number of unbranched alkanes of at least 4 members (excludes halogenated alkanes) is 28. The first-order valence-electron chi connectivity index (χ1n) is 25.7. The van der Waals surface area contributed by atoms with E-state index in [0.29, 0.717) is 19.4 Å². The zero-order valence-corrected chi connectivity index (χ0v) is 39.5. The van der Waals surface area contributed by atoms with Crippen molar-refractivity contribution in [2.75, 3.05) is 19.8 Å². The molecule has 0 radical (unpaired) electrons. The van der Waals surface area contributed by atoms with E-state index in [1.165, 1.54) is 154 Å². The Bertz CT molecular complexity index is 981. The Labute approximate surface area is 367 Å². The predicted octanol–water partition coefficient (Wildman–Crippen LogP) is 17.2. The lowest BCUT2D eigenvalue weighted by Gasteiger charge is -2.18. The summed E-state index contributed by atoms with van der Waals surface area (Å²) in [5.74, 6) is -0.371. The van der Waals surface area contributed by atoms with Gasteiger partial charge in [-0.1, -0.05) is 236 Å². The molecule has 0 aliphatic carbocycles. The fourth-order valence-corrected chi connectivity index (χ4v) is 7.30. The first-order chi connectivity index (χ1) is 29.1. The Morgan fingerprint density at radius 2 is 0.695 bits per heavy atom. The van der Waals surface area contributed by atoms with Crippen molar-refractivity contribution >= 4 is 11.9 Å². The van der Waals surface area contributed by atoms with Crippen molar-refractivity contribution in [3.63, 3.8) is 0 Å². The Hall–Kier alpha value is -2.14. The molecule has 344 valence electrons. The van der Waals surface area contributed by atoms with E-state index < -0.39 is 6.10 Å². The normalized spacial score (nSPS) is 12.5. The molecule has 0 bridgehead atoms. The van der Waals surface area contributed by atoms with Crippen molar-refractivity contribution in [1.29, 1.82) is 0 Å². The van der Waals surface area contributed by atoms with E-state index >= 15 is 0 Å². The molecule has 0 heterocycles. The van der Waals surface area contributed by atoms with Gasteiger partial charge in [0.05, 0.1) is 0 Å². The Balaban J connectivity index is 4.29. The number of hydrogen-bond acceptors (Lipinski definition) is 5. The fraction of sp³-hybridized carbons (Fsp3) is 0.815. The van der Waals surface area contributed by atoms with E-state index in [1.807, 2.05) is 0 Å². The average molecular weight is 827 g/mol. The molecule has 0 spiro atoms. The molecule has 0 saturated heterocycles. The maximum atomic E-state index is 12.6. The minimum absolute atomic E-state index is 0.139. The SMILES string of the molecule is CC/C=C\C/C=C\C/C=C\C/C=C\CCCCC(=O)OC[C@H](COC(=O)CCCCCCCCCCCCCC)OCCCCCCCCCCCCCCCCCC. The highest BCUT2D eigenvalue weighted by molar-refractivity contribution is 5.69. The van der Waals surface area contributed by atoms with Crippen LogP contribution in [0.3, 0.4) is 0 Å². The van der Waals surface area contributed by atoms with Gasteiger partial charge in [0.1, 0.15) is 19.3 Å². The van der Waals surface area contributed by atoms with Crippen molar-refractivity contribution < 1.29 is 23.8 Å². The third-order valence-corrected chi connectivity index (χ3v) is 11.2. The van der Waals surface area contributed by atoms with Gasteiger partial charge in [-0.05, 0) is 57.8 Å². The molecule has 59 heavy (non-hydrogen) atoms. The number of ether oxygens (including phenoxy) is 3. The predicted molar refractivity (Wildman–Crippen MR) is 256 cm³/mol. The summed E-state index contributed by atoms with van der Waals surface area (Å²) >= 11 is 0. The third kappa shape index (κ3) is 48.4. The van der Waals surface area contributed by atoms with Crippen molar-refractivity contribution in [1.82, 2.24) is 0 Å². The molecule has 0 aliphatic heterocycles. The molecule has 1 atom stereocenters. The van der Waals surface area contributed by atoms with Crippen molar-refractivity contribution in [2.24, 2.45) is 0 Å². The molecule has 0 aromatic carbocycles. The maximum Gasteiger partial charge on any atom is 0.305 e. The Morgan fingerprint density at radius 3 is 1.08 bits per heavy atom. The van der Waals surface area contributed by atoms with Gasteiger partial charge in [-0.25, -0.2) is 0 Å². The number of carbonyl (C=O) groups is 2. The zero-order chi connectivity index (χ0) is 42.8. The van der Waals surface area contributed by atoms with Crippen LogP contribution >= 0.6 is 0 Å². The smallest absolute Gasteiger partial charge is 0.305 e. The fourth-order valence-electron chi connectivity index (χ4n) is 7.30. The number of esters is 2. The molecule has 0 fully saturated rings. The monoisotopic (exact) mass is 827 g/mol. The van der Waals surface area contributed by atoms with Crippen molar-refractivity contribution in [3.05, 3.63) is 48.6 Å². The summed E-state index contributed by atoms with van der Waals surface area (Å²) in [6, 6.07) is 0. The van der Waals surface area contributed by atoms with Gasteiger partial charge in [0, 0.05) is 19.4 Å². The molecule has 0 saturated carbocycles.